The van der Waals surface area contributed by atoms with E-state index in [1.165, 1.54) is 140 Å². The van der Waals surface area contributed by atoms with Gasteiger partial charge < -0.3 is 4.74 Å². The maximum Gasteiger partial charge on any atom is 0.157 e. The van der Waals surface area contributed by atoms with Crippen LogP contribution in [0.15, 0.2) is 18.2 Å². The Morgan fingerprint density at radius 1 is 0.588 bits per heavy atom. The zero-order valence-corrected chi connectivity index (χ0v) is 22.9. The molecular weight excluding hydrogens is 416 g/mol. The minimum atomic E-state index is 0.156. The molecule has 1 aromatic rings. The fourth-order valence-corrected chi connectivity index (χ4v) is 4.87. The van der Waals surface area contributed by atoms with Crippen LogP contribution in [0.4, 0.5) is 0 Å². The summed E-state index contributed by atoms with van der Waals surface area (Å²) in [4.78, 5) is 10.8. The highest BCUT2D eigenvalue weighted by Gasteiger charge is 2.06. The van der Waals surface area contributed by atoms with E-state index in [1.54, 1.807) is 0 Å². The van der Waals surface area contributed by atoms with E-state index in [-0.39, 0.29) is 6.61 Å². The lowest BCUT2D eigenvalue weighted by molar-refractivity contribution is -0.109. The Labute approximate surface area is 212 Å². The van der Waals surface area contributed by atoms with Crippen LogP contribution >= 0.6 is 0 Å². The fraction of sp³-hybridized carbons (Fsp3) is 0.781. The summed E-state index contributed by atoms with van der Waals surface area (Å²) in [5.41, 5.74) is 2.73. The van der Waals surface area contributed by atoms with Crippen molar-refractivity contribution in [2.45, 2.75) is 155 Å². The van der Waals surface area contributed by atoms with Crippen LogP contribution in [0.2, 0.25) is 0 Å². The Morgan fingerprint density at radius 2 is 1.03 bits per heavy atom. The smallest absolute Gasteiger partial charge is 0.157 e. The normalized spacial score (nSPS) is 11.1. The van der Waals surface area contributed by atoms with Crippen molar-refractivity contribution in [2.24, 2.45) is 0 Å². The Morgan fingerprint density at radius 3 is 1.50 bits per heavy atom. The van der Waals surface area contributed by atoms with Gasteiger partial charge >= 0.3 is 0 Å². The highest BCUT2D eigenvalue weighted by atomic mass is 16.5. The van der Waals surface area contributed by atoms with Crippen molar-refractivity contribution >= 4 is 6.29 Å². The molecule has 2 nitrogen and oxygen atoms in total. The third-order valence-corrected chi connectivity index (χ3v) is 7.05. The average molecular weight is 473 g/mol. The van der Waals surface area contributed by atoms with Crippen molar-refractivity contribution in [3.8, 4) is 5.75 Å². The van der Waals surface area contributed by atoms with Gasteiger partial charge in [0.05, 0.1) is 0 Å². The maximum atomic E-state index is 10.8. The van der Waals surface area contributed by atoms with Crippen LogP contribution < -0.4 is 4.74 Å². The van der Waals surface area contributed by atoms with Crippen molar-refractivity contribution in [3.63, 3.8) is 0 Å². The van der Waals surface area contributed by atoms with Crippen LogP contribution in [0, 0.1) is 0 Å². The van der Waals surface area contributed by atoms with Crippen molar-refractivity contribution in [1.29, 1.82) is 0 Å². The maximum absolute atomic E-state index is 10.8. The second kappa shape index (κ2) is 23.4. The van der Waals surface area contributed by atoms with Gasteiger partial charge in [-0.15, -0.1) is 0 Å². The monoisotopic (exact) mass is 472 g/mol. The first kappa shape index (κ1) is 30.7. The van der Waals surface area contributed by atoms with Crippen molar-refractivity contribution in [2.75, 3.05) is 6.61 Å². The third kappa shape index (κ3) is 17.2. The van der Waals surface area contributed by atoms with Crippen LogP contribution in [0.3, 0.4) is 0 Å². The molecule has 196 valence electrons. The van der Waals surface area contributed by atoms with E-state index < -0.39 is 0 Å². The minimum Gasteiger partial charge on any atom is -0.486 e. The number of carbonyl (C=O) groups excluding carboxylic acids is 1. The van der Waals surface area contributed by atoms with E-state index >= 15 is 0 Å². The summed E-state index contributed by atoms with van der Waals surface area (Å²) < 4.78 is 5.72. The molecule has 0 heterocycles. The van der Waals surface area contributed by atoms with Gasteiger partial charge in [-0.1, -0.05) is 142 Å². The molecule has 0 radical (unpaired) electrons. The molecule has 0 amide bonds. The molecule has 1 aromatic carbocycles. The SMILES string of the molecule is CCCCCCCCCCCCc1ccc(OCC=O)c(CCCCCCCCCCCC)c1. The van der Waals surface area contributed by atoms with Crippen LogP contribution in [0.1, 0.15) is 153 Å². The molecular formula is C32H56O2. The topological polar surface area (TPSA) is 26.3 Å². The Hall–Kier alpha value is -1.31. The lowest BCUT2D eigenvalue weighted by Gasteiger charge is -2.12. The van der Waals surface area contributed by atoms with Gasteiger partial charge in [0.25, 0.3) is 0 Å². The molecule has 34 heavy (non-hydrogen) atoms. The third-order valence-electron chi connectivity index (χ3n) is 7.05. The summed E-state index contributed by atoms with van der Waals surface area (Å²) in [5, 5.41) is 0. The molecule has 0 saturated carbocycles. The molecule has 2 heteroatoms. The number of ether oxygens (including phenoxy) is 1. The quantitative estimate of drug-likeness (QED) is 0.104. The lowest BCUT2D eigenvalue weighted by Crippen LogP contribution is -2.02. The molecule has 0 atom stereocenters. The highest BCUT2D eigenvalue weighted by Crippen LogP contribution is 2.24. The molecule has 0 aromatic heterocycles. The molecule has 0 N–H and O–H groups in total. The van der Waals surface area contributed by atoms with Gasteiger partial charge in [-0.2, -0.15) is 0 Å². The summed E-state index contributed by atoms with van der Waals surface area (Å²) in [6, 6.07) is 6.65. The standard InChI is InChI=1S/C32H56O2/c1-3-5-7-9-11-13-15-17-19-21-23-30-25-26-32(34-28-27-33)31(29-30)24-22-20-18-16-14-12-10-8-6-4-2/h25-27,29H,3-24,28H2,1-2H3. The van der Waals surface area contributed by atoms with E-state index in [9.17, 15) is 4.79 Å². The van der Waals surface area contributed by atoms with Crippen LogP contribution in [0.5, 0.6) is 5.75 Å². The van der Waals surface area contributed by atoms with E-state index in [1.807, 2.05) is 0 Å². The first-order valence-electron chi connectivity index (χ1n) is 15.0. The molecule has 0 spiro atoms. The number of hydrogen-bond acceptors (Lipinski definition) is 2. The Bertz CT molecular complexity index is 580. The van der Waals surface area contributed by atoms with Gasteiger partial charge in [0.15, 0.2) is 6.29 Å². The van der Waals surface area contributed by atoms with Crippen LogP contribution in [0.25, 0.3) is 0 Å². The van der Waals surface area contributed by atoms with E-state index in [4.69, 9.17) is 4.74 Å². The average Bonchev–Trinajstić information content (AvgIpc) is 2.85. The number of carbonyl (C=O) groups is 1. The van der Waals surface area contributed by atoms with E-state index in [0.29, 0.717) is 0 Å². The van der Waals surface area contributed by atoms with E-state index in [0.717, 1.165) is 24.9 Å². The summed E-state index contributed by atoms with van der Waals surface area (Å²) in [6.45, 7) is 4.72. The van der Waals surface area contributed by atoms with Crippen LogP contribution in [-0.2, 0) is 17.6 Å². The van der Waals surface area contributed by atoms with Gasteiger partial charge in [0.2, 0.25) is 0 Å². The number of benzene rings is 1. The van der Waals surface area contributed by atoms with Gasteiger partial charge in [0.1, 0.15) is 12.4 Å². The largest absolute Gasteiger partial charge is 0.486 e. The van der Waals surface area contributed by atoms with E-state index in [2.05, 4.69) is 32.0 Å². The second-order valence-corrected chi connectivity index (χ2v) is 10.3. The van der Waals surface area contributed by atoms with Crippen molar-refractivity contribution in [1.82, 2.24) is 0 Å². The molecule has 0 fully saturated rings. The zero-order chi connectivity index (χ0) is 24.5. The number of aldehydes is 1. The first-order chi connectivity index (χ1) is 16.8. The van der Waals surface area contributed by atoms with Gasteiger partial charge in [-0.05, 0) is 42.9 Å². The van der Waals surface area contributed by atoms with Crippen LogP contribution in [-0.4, -0.2) is 12.9 Å². The predicted molar refractivity (Wildman–Crippen MR) is 149 cm³/mol. The molecule has 0 saturated heterocycles. The number of hydrogen-bond donors (Lipinski definition) is 0. The summed E-state index contributed by atoms with van der Waals surface area (Å²) in [6.07, 6.45) is 30.5. The second-order valence-electron chi connectivity index (χ2n) is 10.3. The number of unbranched alkanes of at least 4 members (excludes halogenated alkanes) is 18. The summed E-state index contributed by atoms with van der Waals surface area (Å²) >= 11 is 0. The zero-order valence-electron chi connectivity index (χ0n) is 22.9. The fourth-order valence-electron chi connectivity index (χ4n) is 4.87. The van der Waals surface area contributed by atoms with Crippen molar-refractivity contribution < 1.29 is 9.53 Å². The molecule has 0 aliphatic heterocycles. The highest BCUT2D eigenvalue weighted by molar-refractivity contribution is 5.52. The molecule has 0 aliphatic carbocycles. The molecule has 0 unspecified atom stereocenters. The first-order valence-corrected chi connectivity index (χ1v) is 15.0. The van der Waals surface area contributed by atoms with Crippen molar-refractivity contribution in [3.05, 3.63) is 29.3 Å². The van der Waals surface area contributed by atoms with Gasteiger partial charge in [-0.3, -0.25) is 4.79 Å². The Kier molecular flexibility index (Phi) is 21.2. The molecule has 0 bridgehead atoms. The summed E-state index contributed by atoms with van der Waals surface area (Å²) in [5.74, 6) is 0.912. The van der Waals surface area contributed by atoms with Gasteiger partial charge in [0, 0.05) is 0 Å². The predicted octanol–water partition coefficient (Wildman–Crippen LogP) is 10.2. The summed E-state index contributed by atoms with van der Waals surface area (Å²) in [7, 11) is 0. The molecule has 1 rings (SSSR count). The van der Waals surface area contributed by atoms with Gasteiger partial charge in [-0.25, -0.2) is 0 Å². The number of aryl methyl sites for hydroxylation is 2. The lowest BCUT2D eigenvalue weighted by atomic mass is 9.99. The number of rotatable bonds is 25. The Balaban J connectivity index is 2.25. The minimum absolute atomic E-state index is 0.156. The molecule has 0 aliphatic rings.